The van der Waals surface area contributed by atoms with Gasteiger partial charge < -0.3 is 15.0 Å². The van der Waals surface area contributed by atoms with Crippen LogP contribution in [0, 0.1) is 0 Å². The van der Waals surface area contributed by atoms with Gasteiger partial charge in [-0.15, -0.1) is 0 Å². The highest BCUT2D eigenvalue weighted by molar-refractivity contribution is 7.92. The first-order chi connectivity index (χ1) is 19.0. The van der Waals surface area contributed by atoms with E-state index in [1.54, 1.807) is 42.5 Å². The topological polar surface area (TPSA) is 96.0 Å². The minimum absolute atomic E-state index is 0.00474. The van der Waals surface area contributed by atoms with Crippen LogP contribution in [0.1, 0.15) is 24.0 Å². The normalized spacial score (nSPS) is 11.9. The number of amides is 2. The molecule has 0 aliphatic carbocycles. The van der Waals surface area contributed by atoms with E-state index in [9.17, 15) is 18.0 Å². The number of nitrogens with one attached hydrogen (secondary N) is 1. The quantitative estimate of drug-likeness (QED) is 0.298. The Morgan fingerprint density at radius 3 is 2.25 bits per heavy atom. The Hall–Kier alpha value is -3.27. The van der Waals surface area contributed by atoms with E-state index in [0.29, 0.717) is 33.5 Å². The van der Waals surface area contributed by atoms with Gasteiger partial charge in [0.1, 0.15) is 11.8 Å². The second kappa shape index (κ2) is 14.4. The molecule has 3 aromatic rings. The lowest BCUT2D eigenvalue weighted by Gasteiger charge is -2.32. The van der Waals surface area contributed by atoms with E-state index in [2.05, 4.69) is 5.32 Å². The number of benzene rings is 3. The number of nitrogens with zero attached hydrogens (tertiary/aromatic N) is 2. The van der Waals surface area contributed by atoms with Crippen LogP contribution in [0.4, 0.5) is 5.69 Å². The highest BCUT2D eigenvalue weighted by Crippen LogP contribution is 2.30. The molecule has 1 N–H and O–H groups in total. The van der Waals surface area contributed by atoms with Crippen LogP contribution in [-0.4, -0.2) is 58.1 Å². The van der Waals surface area contributed by atoms with E-state index in [0.717, 1.165) is 11.8 Å². The summed E-state index contributed by atoms with van der Waals surface area (Å²) < 4.78 is 31.9. The van der Waals surface area contributed by atoms with Gasteiger partial charge in [-0.1, -0.05) is 71.7 Å². The molecule has 0 bridgehead atoms. The Bertz CT molecular complexity index is 1420. The molecule has 11 heteroatoms. The van der Waals surface area contributed by atoms with Crippen LogP contribution in [0.25, 0.3) is 0 Å². The number of likely N-dealkylation sites (N-methyl/N-ethyl adjacent to an activating group) is 1. The summed E-state index contributed by atoms with van der Waals surface area (Å²) >= 11 is 12.3. The lowest BCUT2D eigenvalue weighted by molar-refractivity contribution is -0.141. The zero-order valence-electron chi connectivity index (χ0n) is 22.6. The zero-order chi connectivity index (χ0) is 29.3. The third kappa shape index (κ3) is 8.36. The standard InChI is InChI=1S/C29H33Cl2N3O5S/c1-32-29(36)26(19-21-10-5-4-6-11-21)33(20-22-15-16-23(30)24(31)18-22)28(35)14-9-17-34(40(3,37)38)25-12-7-8-13-27(25)39-2/h4-8,10-13,15-16,18,26H,9,14,17,19-20H2,1-3H3,(H,32,36). The zero-order valence-corrected chi connectivity index (χ0v) is 25.0. The highest BCUT2D eigenvalue weighted by atomic mass is 35.5. The number of methoxy groups -OCH3 is 1. The third-order valence-corrected chi connectivity index (χ3v) is 8.28. The summed E-state index contributed by atoms with van der Waals surface area (Å²) in [5.74, 6) is -0.212. The number of hydrogen-bond donors (Lipinski definition) is 1. The van der Waals surface area contributed by atoms with Gasteiger partial charge in [0.15, 0.2) is 0 Å². The van der Waals surface area contributed by atoms with E-state index in [4.69, 9.17) is 27.9 Å². The maximum atomic E-state index is 13.7. The molecule has 3 rings (SSSR count). The number of anilines is 1. The number of para-hydroxylation sites is 2. The maximum Gasteiger partial charge on any atom is 0.242 e. The summed E-state index contributed by atoms with van der Waals surface area (Å²) in [6.07, 6.45) is 1.63. The molecular formula is C29H33Cl2N3O5S. The molecule has 2 amide bonds. The van der Waals surface area contributed by atoms with Gasteiger partial charge in [0, 0.05) is 33.0 Å². The number of sulfonamides is 1. The maximum absolute atomic E-state index is 13.7. The SMILES string of the molecule is CNC(=O)C(Cc1ccccc1)N(Cc1ccc(Cl)c(Cl)c1)C(=O)CCCN(c1ccccc1OC)S(C)(=O)=O. The van der Waals surface area contributed by atoms with Crippen LogP contribution in [-0.2, 0) is 32.6 Å². The fourth-order valence-electron chi connectivity index (χ4n) is 4.37. The Balaban J connectivity index is 1.88. The van der Waals surface area contributed by atoms with E-state index in [-0.39, 0.29) is 37.7 Å². The lowest BCUT2D eigenvalue weighted by atomic mass is 10.0. The summed E-state index contributed by atoms with van der Waals surface area (Å²) in [7, 11) is -0.669. The first-order valence-electron chi connectivity index (χ1n) is 12.6. The number of hydrogen-bond acceptors (Lipinski definition) is 5. The van der Waals surface area contributed by atoms with E-state index < -0.39 is 16.1 Å². The molecule has 0 heterocycles. The Labute approximate surface area is 245 Å². The van der Waals surface area contributed by atoms with Crippen molar-refractivity contribution in [2.75, 3.05) is 31.3 Å². The number of rotatable bonds is 13. The molecule has 0 aliphatic heterocycles. The van der Waals surface area contributed by atoms with Crippen molar-refractivity contribution >= 4 is 50.7 Å². The van der Waals surface area contributed by atoms with Crippen LogP contribution >= 0.6 is 23.2 Å². The molecule has 8 nitrogen and oxygen atoms in total. The fourth-order valence-corrected chi connectivity index (χ4v) is 5.66. The molecule has 0 saturated carbocycles. The molecule has 40 heavy (non-hydrogen) atoms. The van der Waals surface area contributed by atoms with Crippen molar-refractivity contribution in [3.05, 3.63) is 94.0 Å². The van der Waals surface area contributed by atoms with Crippen LogP contribution in [0.5, 0.6) is 5.75 Å². The molecule has 0 fully saturated rings. The number of ether oxygens (including phenoxy) is 1. The lowest BCUT2D eigenvalue weighted by Crippen LogP contribution is -2.49. The van der Waals surface area contributed by atoms with Crippen molar-refractivity contribution in [1.82, 2.24) is 10.2 Å². The molecular weight excluding hydrogens is 573 g/mol. The first-order valence-corrected chi connectivity index (χ1v) is 15.2. The largest absolute Gasteiger partial charge is 0.495 e. The van der Waals surface area contributed by atoms with Crippen molar-refractivity contribution < 1.29 is 22.7 Å². The summed E-state index contributed by atoms with van der Waals surface area (Å²) in [6, 6.07) is 20.5. The van der Waals surface area contributed by atoms with Gasteiger partial charge >= 0.3 is 0 Å². The van der Waals surface area contributed by atoms with Gasteiger partial charge in [-0.2, -0.15) is 0 Å². The average Bonchev–Trinajstić information content (AvgIpc) is 2.94. The monoisotopic (exact) mass is 605 g/mol. The van der Waals surface area contributed by atoms with Gasteiger partial charge in [0.25, 0.3) is 0 Å². The smallest absolute Gasteiger partial charge is 0.242 e. The van der Waals surface area contributed by atoms with E-state index in [1.807, 2.05) is 30.3 Å². The first kappa shape index (κ1) is 31.3. The van der Waals surface area contributed by atoms with Gasteiger partial charge in [0.2, 0.25) is 21.8 Å². The second-order valence-corrected chi connectivity index (χ2v) is 11.9. The molecule has 1 unspecified atom stereocenters. The molecule has 0 spiro atoms. The van der Waals surface area contributed by atoms with Crippen molar-refractivity contribution in [3.8, 4) is 5.75 Å². The fraction of sp³-hybridized carbons (Fsp3) is 0.310. The third-order valence-electron chi connectivity index (χ3n) is 6.36. The molecule has 0 aliphatic rings. The van der Waals surface area contributed by atoms with Gasteiger partial charge in [0.05, 0.1) is 29.1 Å². The van der Waals surface area contributed by atoms with Crippen LogP contribution < -0.4 is 14.4 Å². The van der Waals surface area contributed by atoms with E-state index >= 15 is 0 Å². The number of halogens is 2. The second-order valence-electron chi connectivity index (χ2n) is 9.20. The summed E-state index contributed by atoms with van der Waals surface area (Å²) in [6.45, 7) is 0.165. The van der Waals surface area contributed by atoms with Crippen LogP contribution in [0.3, 0.4) is 0 Å². The minimum atomic E-state index is -3.66. The highest BCUT2D eigenvalue weighted by Gasteiger charge is 2.30. The molecule has 3 aromatic carbocycles. The summed E-state index contributed by atoms with van der Waals surface area (Å²) in [5.41, 5.74) is 1.99. The van der Waals surface area contributed by atoms with Gasteiger partial charge in [-0.05, 0) is 41.8 Å². The Morgan fingerprint density at radius 2 is 1.62 bits per heavy atom. The molecule has 0 aromatic heterocycles. The number of carbonyl (C=O) groups excluding carboxylic acids is 2. The number of carbonyl (C=O) groups is 2. The van der Waals surface area contributed by atoms with E-state index in [1.165, 1.54) is 23.4 Å². The van der Waals surface area contributed by atoms with Crippen molar-refractivity contribution in [1.29, 1.82) is 0 Å². The minimum Gasteiger partial charge on any atom is -0.495 e. The predicted molar refractivity (Wildman–Crippen MR) is 159 cm³/mol. The average molecular weight is 607 g/mol. The van der Waals surface area contributed by atoms with Crippen LogP contribution in [0.2, 0.25) is 10.0 Å². The van der Waals surface area contributed by atoms with Gasteiger partial charge in [-0.3, -0.25) is 13.9 Å². The Morgan fingerprint density at radius 1 is 0.950 bits per heavy atom. The van der Waals surface area contributed by atoms with Crippen LogP contribution in [0.15, 0.2) is 72.8 Å². The van der Waals surface area contributed by atoms with Gasteiger partial charge in [-0.25, -0.2) is 8.42 Å². The Kier molecular flexibility index (Phi) is 11.2. The predicted octanol–water partition coefficient (Wildman–Crippen LogP) is 4.93. The van der Waals surface area contributed by atoms with Crippen molar-refractivity contribution in [3.63, 3.8) is 0 Å². The summed E-state index contributed by atoms with van der Waals surface area (Å²) in [4.78, 5) is 28.3. The molecule has 214 valence electrons. The molecule has 1 atom stereocenters. The molecule has 0 radical (unpaired) electrons. The van der Waals surface area contributed by atoms with Crippen molar-refractivity contribution in [2.24, 2.45) is 0 Å². The molecule has 0 saturated heterocycles. The summed E-state index contributed by atoms with van der Waals surface area (Å²) in [5, 5.41) is 3.40. The van der Waals surface area contributed by atoms with Crippen molar-refractivity contribution in [2.45, 2.75) is 31.8 Å².